The number of nitro groups is 1. The average molecular weight is 509 g/mol. The molecule has 0 saturated carbocycles. The second-order valence-corrected chi connectivity index (χ2v) is 9.37. The summed E-state index contributed by atoms with van der Waals surface area (Å²) in [5.74, 6) is -2.11. The van der Waals surface area contributed by atoms with Crippen molar-refractivity contribution >= 4 is 62.5 Å². The van der Waals surface area contributed by atoms with Crippen molar-refractivity contribution in [1.82, 2.24) is 4.98 Å². The molecule has 0 saturated heterocycles. The highest BCUT2D eigenvalue weighted by molar-refractivity contribution is 8.01. The lowest BCUT2D eigenvalue weighted by Gasteiger charge is -2.08. The summed E-state index contributed by atoms with van der Waals surface area (Å²) in [5, 5.41) is 14.1. The average Bonchev–Trinajstić information content (AvgIpc) is 3.25. The maximum absolute atomic E-state index is 12.4. The van der Waals surface area contributed by atoms with E-state index in [1.165, 1.54) is 47.7 Å². The lowest BCUT2D eigenvalue weighted by molar-refractivity contribution is -0.387. The minimum absolute atomic E-state index is 0.0658. The third-order valence-electron chi connectivity index (χ3n) is 4.65. The number of nitrogens with zero attached hydrogens (tertiary/aromatic N) is 2. The number of ether oxygens (including phenoxy) is 1. The molecule has 4 aromatic rings. The smallest absolute Gasteiger partial charge is 0.338 e. The van der Waals surface area contributed by atoms with Gasteiger partial charge in [0, 0.05) is 17.3 Å². The van der Waals surface area contributed by atoms with Crippen LogP contribution in [0.2, 0.25) is 0 Å². The first kappa shape index (κ1) is 23.9. The molecule has 0 radical (unpaired) electrons. The zero-order chi connectivity index (χ0) is 24.9. The Morgan fingerprint density at radius 2 is 1.77 bits per heavy atom. The number of hydrogen-bond donors (Lipinski definition) is 2. The fraction of sp³-hybridized carbons (Fsp3) is 0.0435. The predicted octanol–water partition coefficient (Wildman–Crippen LogP) is 4.25. The van der Waals surface area contributed by atoms with E-state index in [0.29, 0.717) is 14.9 Å². The molecule has 0 fully saturated rings. The highest BCUT2D eigenvalue weighted by Gasteiger charge is 2.21. The molecule has 3 N–H and O–H groups in total. The minimum atomic E-state index is -0.885. The predicted molar refractivity (Wildman–Crippen MR) is 131 cm³/mol. The highest BCUT2D eigenvalue weighted by Crippen LogP contribution is 2.39. The second kappa shape index (κ2) is 10.3. The van der Waals surface area contributed by atoms with Crippen LogP contribution >= 0.6 is 23.1 Å². The maximum atomic E-state index is 12.4. The van der Waals surface area contributed by atoms with E-state index in [9.17, 15) is 24.5 Å². The Hall–Kier alpha value is -4.29. The molecular weight excluding hydrogens is 492 g/mol. The summed E-state index contributed by atoms with van der Waals surface area (Å²) < 4.78 is 6.58. The summed E-state index contributed by atoms with van der Waals surface area (Å²) in [6.45, 7) is -0.605. The van der Waals surface area contributed by atoms with Crippen LogP contribution in [0.25, 0.3) is 10.2 Å². The standard InChI is InChI=1S/C23H16N4O6S2/c24-21(29)13-5-8-15(9-6-13)25-20(28)12-33-22(30)14-7-10-19(17(11-14)27(31)32)35-23-26-16-3-1-2-4-18(16)34-23/h1-11H,12H2,(H2,24,29)(H,25,28). The van der Waals surface area contributed by atoms with Crippen LogP contribution in [0, 0.1) is 10.1 Å². The molecule has 0 unspecified atom stereocenters. The number of benzene rings is 3. The number of nitrogens with one attached hydrogen (secondary N) is 1. The van der Waals surface area contributed by atoms with Crippen LogP contribution in [-0.4, -0.2) is 34.3 Å². The molecule has 0 atom stereocenters. The van der Waals surface area contributed by atoms with Gasteiger partial charge in [0.1, 0.15) is 0 Å². The Morgan fingerprint density at radius 3 is 2.46 bits per heavy atom. The Balaban J connectivity index is 1.41. The number of carbonyl (C=O) groups excluding carboxylic acids is 3. The van der Waals surface area contributed by atoms with Gasteiger partial charge in [-0.15, -0.1) is 11.3 Å². The molecule has 4 rings (SSSR count). The van der Waals surface area contributed by atoms with Gasteiger partial charge in [-0.2, -0.15) is 0 Å². The zero-order valence-electron chi connectivity index (χ0n) is 17.8. The molecule has 0 bridgehead atoms. The van der Waals surface area contributed by atoms with Crippen molar-refractivity contribution in [3.63, 3.8) is 0 Å². The number of nitrogens with two attached hydrogens (primary N) is 1. The molecule has 0 aliphatic rings. The molecule has 0 aliphatic carbocycles. The fourth-order valence-electron chi connectivity index (χ4n) is 2.99. The lowest BCUT2D eigenvalue weighted by Crippen LogP contribution is -2.21. The summed E-state index contributed by atoms with van der Waals surface area (Å²) in [4.78, 5) is 51.4. The second-order valence-electron chi connectivity index (χ2n) is 7.06. The molecule has 176 valence electrons. The van der Waals surface area contributed by atoms with Gasteiger partial charge >= 0.3 is 5.97 Å². The molecule has 3 aromatic carbocycles. The highest BCUT2D eigenvalue weighted by atomic mass is 32.2. The number of primary amides is 1. The third-order valence-corrected chi connectivity index (χ3v) is 6.81. The van der Waals surface area contributed by atoms with Crippen LogP contribution in [0.15, 0.2) is 76.0 Å². The Labute approximate surface area is 206 Å². The normalized spacial score (nSPS) is 10.6. The van der Waals surface area contributed by atoms with Crippen LogP contribution < -0.4 is 11.1 Å². The van der Waals surface area contributed by atoms with Gasteiger partial charge in [0.05, 0.1) is 25.6 Å². The van der Waals surface area contributed by atoms with Crippen LogP contribution in [0.1, 0.15) is 20.7 Å². The van der Waals surface area contributed by atoms with Crippen molar-refractivity contribution < 1.29 is 24.0 Å². The van der Waals surface area contributed by atoms with Gasteiger partial charge in [0.2, 0.25) is 5.91 Å². The van der Waals surface area contributed by atoms with Gasteiger partial charge in [0.25, 0.3) is 11.6 Å². The molecule has 2 amide bonds. The zero-order valence-corrected chi connectivity index (χ0v) is 19.4. The molecule has 1 aromatic heterocycles. The van der Waals surface area contributed by atoms with E-state index in [2.05, 4.69) is 10.3 Å². The topological polar surface area (TPSA) is 155 Å². The Kier molecular flexibility index (Phi) is 7.03. The summed E-state index contributed by atoms with van der Waals surface area (Å²) in [6.07, 6.45) is 0. The molecule has 10 nitrogen and oxygen atoms in total. The summed E-state index contributed by atoms with van der Waals surface area (Å²) in [6, 6.07) is 17.3. The maximum Gasteiger partial charge on any atom is 0.338 e. The number of fused-ring (bicyclic) bond motifs is 1. The van der Waals surface area contributed by atoms with Crippen molar-refractivity contribution in [1.29, 1.82) is 0 Å². The van der Waals surface area contributed by atoms with Gasteiger partial charge in [-0.3, -0.25) is 19.7 Å². The lowest BCUT2D eigenvalue weighted by atomic mass is 10.2. The Morgan fingerprint density at radius 1 is 1.06 bits per heavy atom. The van der Waals surface area contributed by atoms with Crippen LogP contribution in [0.3, 0.4) is 0 Å². The van der Waals surface area contributed by atoms with Crippen molar-refractivity contribution in [2.24, 2.45) is 5.73 Å². The van der Waals surface area contributed by atoms with Gasteiger partial charge in [-0.1, -0.05) is 23.9 Å². The number of rotatable bonds is 8. The van der Waals surface area contributed by atoms with E-state index in [1.807, 2.05) is 24.3 Å². The molecule has 12 heteroatoms. The quantitative estimate of drug-likeness (QED) is 0.203. The summed E-state index contributed by atoms with van der Waals surface area (Å²) in [7, 11) is 0. The summed E-state index contributed by atoms with van der Waals surface area (Å²) in [5.41, 5.74) is 6.28. The van der Waals surface area contributed by atoms with Gasteiger partial charge in [-0.05, 0) is 48.5 Å². The number of carbonyl (C=O) groups is 3. The number of nitro benzene ring substituents is 1. The van der Waals surface area contributed by atoms with Crippen molar-refractivity contribution in [3.8, 4) is 0 Å². The number of hydrogen-bond acceptors (Lipinski definition) is 9. The fourth-order valence-corrected chi connectivity index (χ4v) is 5.10. The molecule has 35 heavy (non-hydrogen) atoms. The largest absolute Gasteiger partial charge is 0.452 e. The monoisotopic (exact) mass is 508 g/mol. The van der Waals surface area contributed by atoms with Crippen LogP contribution in [-0.2, 0) is 9.53 Å². The van der Waals surface area contributed by atoms with Gasteiger partial charge in [-0.25, -0.2) is 9.78 Å². The first-order valence-corrected chi connectivity index (χ1v) is 11.6. The molecular formula is C23H16N4O6S2. The van der Waals surface area contributed by atoms with E-state index in [-0.39, 0.29) is 16.8 Å². The molecule has 0 aliphatic heterocycles. The van der Waals surface area contributed by atoms with E-state index < -0.39 is 29.3 Å². The minimum Gasteiger partial charge on any atom is -0.452 e. The van der Waals surface area contributed by atoms with E-state index in [1.54, 1.807) is 0 Å². The number of esters is 1. The van der Waals surface area contributed by atoms with Crippen molar-refractivity contribution in [2.45, 2.75) is 9.24 Å². The third kappa shape index (κ3) is 5.80. The Bertz CT molecular complexity index is 1420. The van der Waals surface area contributed by atoms with Crippen LogP contribution in [0.4, 0.5) is 11.4 Å². The number of anilines is 1. The first-order valence-electron chi connectivity index (χ1n) is 9.99. The molecule has 0 spiro atoms. The number of para-hydroxylation sites is 1. The number of amides is 2. The number of thiazole rings is 1. The van der Waals surface area contributed by atoms with E-state index in [0.717, 1.165) is 28.0 Å². The summed E-state index contributed by atoms with van der Waals surface area (Å²) >= 11 is 2.54. The van der Waals surface area contributed by atoms with Gasteiger partial charge < -0.3 is 15.8 Å². The first-order chi connectivity index (χ1) is 16.8. The van der Waals surface area contributed by atoms with E-state index >= 15 is 0 Å². The van der Waals surface area contributed by atoms with E-state index in [4.69, 9.17) is 10.5 Å². The van der Waals surface area contributed by atoms with Crippen molar-refractivity contribution in [2.75, 3.05) is 11.9 Å². The van der Waals surface area contributed by atoms with Crippen molar-refractivity contribution in [3.05, 3.63) is 88.0 Å². The number of aromatic nitrogens is 1. The van der Waals surface area contributed by atoms with Crippen LogP contribution in [0.5, 0.6) is 0 Å². The molecule has 1 heterocycles. The SMILES string of the molecule is NC(=O)c1ccc(NC(=O)COC(=O)c2ccc(Sc3nc4ccccc4s3)c([N+](=O)[O-])c2)cc1. The van der Waals surface area contributed by atoms with Gasteiger partial charge in [0.15, 0.2) is 10.9 Å².